The van der Waals surface area contributed by atoms with Crippen molar-refractivity contribution in [3.63, 3.8) is 0 Å². The molecule has 1 aromatic heterocycles. The standard InChI is InChI=1S/C21H23N3O3/c1-3-13(2)19(20-22-16-10-6-7-11-17(16)23-20)24-18(25)12-14-8-4-5-9-15(14)21(26)27/h4-11,13,19H,3,12H2,1-2H3,(H,22,23)(H,24,25)(H,26,27). The smallest absolute Gasteiger partial charge is 0.335 e. The molecule has 2 aromatic carbocycles. The second-order valence-electron chi connectivity index (χ2n) is 6.71. The molecule has 3 rings (SSSR count). The highest BCUT2D eigenvalue weighted by atomic mass is 16.4. The van der Waals surface area contributed by atoms with E-state index in [-0.39, 0.29) is 29.9 Å². The number of aromatic carboxylic acids is 1. The van der Waals surface area contributed by atoms with Gasteiger partial charge in [-0.2, -0.15) is 0 Å². The fourth-order valence-electron chi connectivity index (χ4n) is 3.12. The number of nitrogens with zero attached hydrogens (tertiary/aromatic N) is 1. The van der Waals surface area contributed by atoms with Crippen LogP contribution in [0.1, 0.15) is 48.1 Å². The number of hydrogen-bond donors (Lipinski definition) is 3. The molecule has 0 aliphatic rings. The van der Waals surface area contributed by atoms with Crippen LogP contribution in [0.3, 0.4) is 0 Å². The number of carboxylic acids is 1. The Hall–Kier alpha value is -3.15. The lowest BCUT2D eigenvalue weighted by Crippen LogP contribution is -2.34. The largest absolute Gasteiger partial charge is 0.478 e. The lowest BCUT2D eigenvalue weighted by molar-refractivity contribution is -0.121. The number of benzene rings is 2. The van der Waals surface area contributed by atoms with Crippen LogP contribution in [0.15, 0.2) is 48.5 Å². The molecule has 1 heterocycles. The minimum Gasteiger partial charge on any atom is -0.478 e. The van der Waals surface area contributed by atoms with Gasteiger partial charge in [-0.1, -0.05) is 50.6 Å². The summed E-state index contributed by atoms with van der Waals surface area (Å²) < 4.78 is 0. The first-order valence-electron chi connectivity index (χ1n) is 9.04. The van der Waals surface area contributed by atoms with E-state index >= 15 is 0 Å². The summed E-state index contributed by atoms with van der Waals surface area (Å²) in [5, 5.41) is 12.3. The highest BCUT2D eigenvalue weighted by molar-refractivity contribution is 5.91. The van der Waals surface area contributed by atoms with E-state index in [1.54, 1.807) is 18.2 Å². The van der Waals surface area contributed by atoms with Gasteiger partial charge in [-0.05, 0) is 29.7 Å². The van der Waals surface area contributed by atoms with Gasteiger partial charge in [-0.25, -0.2) is 9.78 Å². The minimum atomic E-state index is -1.03. The zero-order valence-electron chi connectivity index (χ0n) is 15.4. The third kappa shape index (κ3) is 4.16. The Morgan fingerprint density at radius 2 is 1.85 bits per heavy atom. The van der Waals surface area contributed by atoms with Crippen molar-refractivity contribution < 1.29 is 14.7 Å². The number of aromatic amines is 1. The van der Waals surface area contributed by atoms with E-state index in [0.29, 0.717) is 11.4 Å². The molecule has 0 saturated heterocycles. The van der Waals surface area contributed by atoms with Crippen LogP contribution in [-0.2, 0) is 11.2 Å². The van der Waals surface area contributed by atoms with Gasteiger partial charge in [0.1, 0.15) is 5.82 Å². The number of H-pyrrole nitrogens is 1. The van der Waals surface area contributed by atoms with Crippen molar-refractivity contribution in [3.05, 3.63) is 65.5 Å². The molecule has 3 aromatic rings. The molecule has 2 unspecified atom stereocenters. The van der Waals surface area contributed by atoms with Gasteiger partial charge < -0.3 is 15.4 Å². The molecule has 0 aliphatic carbocycles. The van der Waals surface area contributed by atoms with Crippen LogP contribution in [0.25, 0.3) is 11.0 Å². The molecule has 0 radical (unpaired) electrons. The number of imidazole rings is 1. The zero-order valence-corrected chi connectivity index (χ0v) is 15.4. The molecule has 6 heteroatoms. The highest BCUT2D eigenvalue weighted by Crippen LogP contribution is 2.25. The number of carbonyl (C=O) groups is 2. The van der Waals surface area contributed by atoms with Crippen LogP contribution in [-0.4, -0.2) is 27.0 Å². The highest BCUT2D eigenvalue weighted by Gasteiger charge is 2.24. The number of fused-ring (bicyclic) bond motifs is 1. The molecule has 2 atom stereocenters. The SMILES string of the molecule is CCC(C)C(NC(=O)Cc1ccccc1C(=O)O)c1nc2ccccc2[nH]1. The summed E-state index contributed by atoms with van der Waals surface area (Å²) in [6.07, 6.45) is 0.878. The van der Waals surface area contributed by atoms with Crippen LogP contribution < -0.4 is 5.32 Å². The van der Waals surface area contributed by atoms with E-state index in [2.05, 4.69) is 29.1 Å². The quantitative estimate of drug-likeness (QED) is 0.595. The van der Waals surface area contributed by atoms with Crippen molar-refractivity contribution in [1.29, 1.82) is 0 Å². The molecule has 3 N–H and O–H groups in total. The predicted octanol–water partition coefficient (Wildman–Crippen LogP) is 3.71. The Balaban J connectivity index is 1.82. The van der Waals surface area contributed by atoms with Gasteiger partial charge in [-0.3, -0.25) is 4.79 Å². The maximum atomic E-state index is 12.7. The summed E-state index contributed by atoms with van der Waals surface area (Å²) in [4.78, 5) is 31.9. The number of rotatable bonds is 7. The molecule has 0 fully saturated rings. The summed E-state index contributed by atoms with van der Waals surface area (Å²) in [5.74, 6) is -0.377. The first-order chi connectivity index (χ1) is 13.0. The average Bonchev–Trinajstić information content (AvgIpc) is 3.09. The Morgan fingerprint density at radius 1 is 1.15 bits per heavy atom. The number of amides is 1. The Bertz CT molecular complexity index is 931. The summed E-state index contributed by atoms with van der Waals surface area (Å²) in [6.45, 7) is 4.12. The molecule has 140 valence electrons. The van der Waals surface area contributed by atoms with E-state index in [9.17, 15) is 14.7 Å². The van der Waals surface area contributed by atoms with Gasteiger partial charge in [0, 0.05) is 0 Å². The third-order valence-electron chi connectivity index (χ3n) is 4.83. The van der Waals surface area contributed by atoms with Gasteiger partial charge in [0.15, 0.2) is 0 Å². The van der Waals surface area contributed by atoms with Crippen LogP contribution in [0.5, 0.6) is 0 Å². The van der Waals surface area contributed by atoms with Crippen LogP contribution in [0.2, 0.25) is 0 Å². The topological polar surface area (TPSA) is 95.1 Å². The molecular weight excluding hydrogens is 342 g/mol. The fraction of sp³-hybridized carbons (Fsp3) is 0.286. The Kier molecular flexibility index (Phi) is 5.54. The number of hydrogen-bond acceptors (Lipinski definition) is 3. The second kappa shape index (κ2) is 8.03. The van der Waals surface area contributed by atoms with Crippen LogP contribution >= 0.6 is 0 Å². The molecule has 0 spiro atoms. The van der Waals surface area contributed by atoms with Crippen molar-refractivity contribution in [2.24, 2.45) is 5.92 Å². The van der Waals surface area contributed by atoms with Gasteiger partial charge in [0.2, 0.25) is 5.91 Å². The van der Waals surface area contributed by atoms with Crippen molar-refractivity contribution in [2.45, 2.75) is 32.7 Å². The molecule has 27 heavy (non-hydrogen) atoms. The van der Waals surface area contributed by atoms with E-state index in [1.807, 2.05) is 24.3 Å². The first-order valence-corrected chi connectivity index (χ1v) is 9.04. The summed E-state index contributed by atoms with van der Waals surface area (Å²) in [6, 6.07) is 14.0. The predicted molar refractivity (Wildman–Crippen MR) is 104 cm³/mol. The van der Waals surface area contributed by atoms with E-state index in [1.165, 1.54) is 6.07 Å². The molecular formula is C21H23N3O3. The van der Waals surface area contributed by atoms with Gasteiger partial charge in [-0.15, -0.1) is 0 Å². The van der Waals surface area contributed by atoms with Crippen molar-refractivity contribution in [3.8, 4) is 0 Å². The van der Waals surface area contributed by atoms with Crippen LogP contribution in [0, 0.1) is 5.92 Å². The molecule has 0 aliphatic heterocycles. The maximum absolute atomic E-state index is 12.7. The van der Waals surface area contributed by atoms with Gasteiger partial charge in [0.05, 0.1) is 29.1 Å². The average molecular weight is 365 g/mol. The van der Waals surface area contributed by atoms with E-state index in [4.69, 9.17) is 0 Å². The number of nitrogens with one attached hydrogen (secondary N) is 2. The number of carboxylic acid groups (broad SMARTS) is 1. The van der Waals surface area contributed by atoms with Crippen LogP contribution in [0.4, 0.5) is 0 Å². The Labute approximate surface area is 157 Å². The number of para-hydroxylation sites is 2. The summed E-state index contributed by atoms with van der Waals surface area (Å²) >= 11 is 0. The maximum Gasteiger partial charge on any atom is 0.335 e. The molecule has 1 amide bonds. The second-order valence-corrected chi connectivity index (χ2v) is 6.71. The monoisotopic (exact) mass is 365 g/mol. The summed E-state index contributed by atoms with van der Waals surface area (Å²) in [7, 11) is 0. The number of aromatic nitrogens is 2. The molecule has 6 nitrogen and oxygen atoms in total. The van der Waals surface area contributed by atoms with Crippen molar-refractivity contribution >= 4 is 22.9 Å². The van der Waals surface area contributed by atoms with Crippen molar-refractivity contribution in [1.82, 2.24) is 15.3 Å². The molecule has 0 saturated carbocycles. The normalized spacial score (nSPS) is 13.3. The van der Waals surface area contributed by atoms with Gasteiger partial charge >= 0.3 is 5.97 Å². The zero-order chi connectivity index (χ0) is 19.4. The third-order valence-corrected chi connectivity index (χ3v) is 4.83. The van der Waals surface area contributed by atoms with Gasteiger partial charge in [0.25, 0.3) is 0 Å². The lowest BCUT2D eigenvalue weighted by Gasteiger charge is -2.22. The lowest BCUT2D eigenvalue weighted by atomic mass is 9.97. The Morgan fingerprint density at radius 3 is 2.56 bits per heavy atom. The minimum absolute atomic E-state index is 0.00956. The first kappa shape index (κ1) is 18.6. The van der Waals surface area contributed by atoms with E-state index in [0.717, 1.165) is 17.5 Å². The number of carbonyl (C=O) groups excluding carboxylic acids is 1. The van der Waals surface area contributed by atoms with E-state index < -0.39 is 5.97 Å². The van der Waals surface area contributed by atoms with Crippen molar-refractivity contribution in [2.75, 3.05) is 0 Å². The molecule has 0 bridgehead atoms. The fourth-order valence-corrected chi connectivity index (χ4v) is 3.12. The summed E-state index contributed by atoms with van der Waals surface area (Å²) in [5.41, 5.74) is 2.42.